The predicted octanol–water partition coefficient (Wildman–Crippen LogP) is 0.331. The van der Waals surface area contributed by atoms with Gasteiger partial charge >= 0.3 is 0 Å². The van der Waals surface area contributed by atoms with Crippen LogP contribution in [-0.2, 0) is 9.53 Å². The smallest absolute Gasteiger partial charge is 0.223 e. The largest absolute Gasteiger partial charge is 0.547 e. The maximum Gasteiger partial charge on any atom is 0.223 e. The zero-order valence-electron chi connectivity index (χ0n) is 19.8. The number of nitrogens with zero attached hydrogens (tertiary/aromatic N) is 1. The van der Waals surface area contributed by atoms with E-state index in [2.05, 4.69) is 0 Å². The van der Waals surface area contributed by atoms with E-state index in [-0.39, 0.29) is 13.1 Å². The van der Waals surface area contributed by atoms with E-state index >= 15 is 0 Å². The van der Waals surface area contributed by atoms with Crippen molar-refractivity contribution in [3.8, 4) is 11.5 Å². The van der Waals surface area contributed by atoms with E-state index in [1.807, 2.05) is 12.1 Å². The summed E-state index contributed by atoms with van der Waals surface area (Å²) in [7, 11) is 0. The molecular formula is C23H24ClNO7. The van der Waals surface area contributed by atoms with Crippen molar-refractivity contribution in [1.29, 1.82) is 0 Å². The second-order valence-corrected chi connectivity index (χ2v) is 9.11. The standard InChI is InChI=1S/C23H24ClNO7/c1-25(22-20(28)18(26)19(27)21(32-22)23(29)30)9-14-12-4-2-3-5-16(12)31-17-7-6-11(24)8-13(17)15(14)10-25/h2-8,14-15,18-22,26-28H,9-10H2,1H3/t14-,15-,18-,19-,20+,21-,22+,25?/m0/s1/i1+1D3. The number of aliphatic carboxylic acids is 1. The summed E-state index contributed by atoms with van der Waals surface area (Å²) in [6, 6.07) is 12.3. The molecule has 32 heavy (non-hydrogen) atoms. The molecule has 1 unspecified atom stereocenters. The lowest BCUT2D eigenvalue weighted by atomic mass is 9.84. The van der Waals surface area contributed by atoms with Crippen molar-refractivity contribution in [3.05, 3.63) is 58.6 Å². The number of benzene rings is 2. The minimum Gasteiger partial charge on any atom is -0.547 e. The van der Waals surface area contributed by atoms with Crippen LogP contribution in [0.1, 0.15) is 27.1 Å². The van der Waals surface area contributed by atoms with Crippen LogP contribution in [-0.4, -0.2) is 76.5 Å². The Labute approximate surface area is 194 Å². The number of quaternary nitrogens is 1. The highest BCUT2D eigenvalue weighted by molar-refractivity contribution is 6.30. The summed E-state index contributed by atoms with van der Waals surface area (Å²) in [5.74, 6) is -1.64. The second kappa shape index (κ2) is 7.69. The van der Waals surface area contributed by atoms with Gasteiger partial charge in [-0.2, -0.15) is 0 Å². The fourth-order valence-corrected chi connectivity index (χ4v) is 5.41. The van der Waals surface area contributed by atoms with E-state index in [4.69, 9.17) is 25.2 Å². The molecule has 5 rings (SSSR count). The van der Waals surface area contributed by atoms with Crippen molar-refractivity contribution in [2.45, 2.75) is 42.5 Å². The van der Waals surface area contributed by atoms with E-state index in [1.54, 1.807) is 30.3 Å². The lowest BCUT2D eigenvalue weighted by Gasteiger charge is -2.47. The number of likely N-dealkylation sites (tertiary alicyclic amines) is 1. The van der Waals surface area contributed by atoms with Gasteiger partial charge in [-0.1, -0.05) is 29.8 Å². The summed E-state index contributed by atoms with van der Waals surface area (Å²) < 4.78 is 36.2. The first-order chi connectivity index (χ1) is 16.4. The fraction of sp³-hybridized carbons (Fsp3) is 0.435. The molecule has 0 amide bonds. The first kappa shape index (κ1) is 18.3. The second-order valence-electron chi connectivity index (χ2n) is 8.67. The van der Waals surface area contributed by atoms with Crippen LogP contribution in [0.5, 0.6) is 11.5 Å². The van der Waals surface area contributed by atoms with Crippen molar-refractivity contribution in [2.75, 3.05) is 20.1 Å². The molecule has 3 heterocycles. The van der Waals surface area contributed by atoms with Gasteiger partial charge in [0.15, 0.2) is 6.10 Å². The number of para-hydroxylation sites is 1. The van der Waals surface area contributed by atoms with Crippen LogP contribution in [0, 0.1) is 0 Å². The Morgan fingerprint density at radius 3 is 2.47 bits per heavy atom. The van der Waals surface area contributed by atoms with Gasteiger partial charge in [-0.3, -0.25) is 4.48 Å². The van der Waals surface area contributed by atoms with Crippen LogP contribution < -0.4 is 9.84 Å². The van der Waals surface area contributed by atoms with Gasteiger partial charge in [0.05, 0.1) is 30.1 Å². The minimum atomic E-state index is -2.79. The molecule has 0 aromatic heterocycles. The molecule has 0 saturated carbocycles. The molecule has 3 N–H and O–H groups in total. The van der Waals surface area contributed by atoms with Crippen molar-refractivity contribution < 1.29 is 43.3 Å². The van der Waals surface area contributed by atoms with E-state index < -0.39 is 59.9 Å². The zero-order valence-corrected chi connectivity index (χ0v) is 17.6. The number of carboxylic acid groups (broad SMARTS) is 1. The Morgan fingerprint density at radius 1 is 1.06 bits per heavy atom. The number of rotatable bonds is 2. The Kier molecular flexibility index (Phi) is 4.39. The van der Waals surface area contributed by atoms with Crippen LogP contribution in [0.25, 0.3) is 0 Å². The number of hydrogen-bond acceptors (Lipinski definition) is 7. The molecule has 8 nitrogen and oxygen atoms in total. The van der Waals surface area contributed by atoms with E-state index in [9.17, 15) is 25.2 Å². The average Bonchev–Trinajstić information content (AvgIpc) is 3.15. The van der Waals surface area contributed by atoms with Gasteiger partial charge in [-0.15, -0.1) is 0 Å². The summed E-state index contributed by atoms with van der Waals surface area (Å²) in [4.78, 5) is 11.6. The highest BCUT2D eigenvalue weighted by Crippen LogP contribution is 2.53. The number of carbonyl (C=O) groups is 1. The van der Waals surface area contributed by atoms with Gasteiger partial charge < -0.3 is 34.7 Å². The Morgan fingerprint density at radius 2 is 1.75 bits per heavy atom. The third-order valence-electron chi connectivity index (χ3n) is 6.75. The molecule has 2 fully saturated rings. The van der Waals surface area contributed by atoms with Crippen molar-refractivity contribution >= 4 is 17.6 Å². The van der Waals surface area contributed by atoms with Crippen molar-refractivity contribution in [2.24, 2.45) is 0 Å². The van der Waals surface area contributed by atoms with E-state index in [0.29, 0.717) is 22.1 Å². The van der Waals surface area contributed by atoms with Crippen molar-refractivity contribution in [1.82, 2.24) is 0 Å². The van der Waals surface area contributed by atoms with Crippen LogP contribution in [0.2, 0.25) is 5.02 Å². The Balaban J connectivity index is 1.67. The Hall–Kier alpha value is -2.20. The molecule has 2 aromatic carbocycles. The molecule has 2 saturated heterocycles. The van der Waals surface area contributed by atoms with Gasteiger partial charge in [0.1, 0.15) is 29.8 Å². The van der Waals surface area contributed by atoms with Gasteiger partial charge in [-0.25, -0.2) is 0 Å². The number of hydrogen-bond donors (Lipinski definition) is 3. The molecule has 170 valence electrons. The van der Waals surface area contributed by atoms with E-state index in [0.717, 1.165) is 5.56 Å². The topological polar surface area (TPSA) is 119 Å². The van der Waals surface area contributed by atoms with Gasteiger partial charge in [0.2, 0.25) is 6.23 Å². The number of carboxylic acids is 1. The summed E-state index contributed by atoms with van der Waals surface area (Å²) in [5.41, 5.74) is 1.42. The van der Waals surface area contributed by atoms with Crippen molar-refractivity contribution in [3.63, 3.8) is 0 Å². The summed E-state index contributed by atoms with van der Waals surface area (Å²) in [6.07, 6.45) is -9.49. The van der Waals surface area contributed by atoms with Gasteiger partial charge in [0, 0.05) is 28.0 Å². The number of aliphatic hydroxyl groups is 3. The number of fused-ring (bicyclic) bond motifs is 5. The number of halogens is 1. The highest BCUT2D eigenvalue weighted by atomic mass is 35.5. The number of likely N-dealkylation sites (N-methyl/N-ethyl adjacent to an activating group) is 1. The molecule has 3 aliphatic heterocycles. The SMILES string of the molecule is [2H][13C]([2H])([2H])[N+]1([C@@H]2O[C@H](C(=O)[O-])[C@@H](O)[C@H](O)[C@H]2O)C[C@H]2c3ccccc3Oc3ccc(Cl)cc3[C@@H]2C1. The van der Waals surface area contributed by atoms with Gasteiger partial charge in [0.25, 0.3) is 0 Å². The maximum absolute atomic E-state index is 11.6. The van der Waals surface area contributed by atoms with Gasteiger partial charge in [-0.05, 0) is 24.3 Å². The summed E-state index contributed by atoms with van der Waals surface area (Å²) in [6.45, 7) is -2.97. The predicted molar refractivity (Wildman–Crippen MR) is 111 cm³/mol. The van der Waals surface area contributed by atoms with Crippen LogP contribution >= 0.6 is 11.6 Å². The number of ether oxygens (including phenoxy) is 2. The maximum atomic E-state index is 11.6. The summed E-state index contributed by atoms with van der Waals surface area (Å²) >= 11 is 6.28. The highest BCUT2D eigenvalue weighted by Gasteiger charge is 2.57. The first-order valence-electron chi connectivity index (χ1n) is 11.8. The lowest BCUT2D eigenvalue weighted by Crippen LogP contribution is -2.69. The zero-order chi connectivity index (χ0) is 25.3. The minimum absolute atomic E-state index is 0.0855. The molecule has 0 bridgehead atoms. The molecule has 9 heteroatoms. The monoisotopic (exact) mass is 465 g/mol. The average molecular weight is 466 g/mol. The van der Waals surface area contributed by atoms with Crippen LogP contribution in [0.15, 0.2) is 42.5 Å². The fourth-order valence-electron chi connectivity index (χ4n) is 5.23. The molecule has 0 spiro atoms. The van der Waals surface area contributed by atoms with E-state index in [1.165, 1.54) is 0 Å². The molecule has 0 aliphatic carbocycles. The number of aliphatic hydroxyl groups excluding tert-OH is 3. The lowest BCUT2D eigenvalue weighted by molar-refractivity contribution is -0.952. The molecule has 8 atom stereocenters. The third-order valence-corrected chi connectivity index (χ3v) is 6.98. The Bertz CT molecular complexity index is 1160. The number of carbonyl (C=O) groups excluding carboxylic acids is 1. The molecule has 2 aromatic rings. The first-order valence-corrected chi connectivity index (χ1v) is 10.7. The van der Waals surface area contributed by atoms with Crippen LogP contribution in [0.4, 0.5) is 0 Å². The molecular weight excluding hydrogens is 439 g/mol. The molecule has 0 radical (unpaired) electrons. The third kappa shape index (κ3) is 3.30. The summed E-state index contributed by atoms with van der Waals surface area (Å²) in [5, 5.41) is 43.5. The quantitative estimate of drug-likeness (QED) is 0.432. The normalized spacial score (nSPS) is 39.9. The molecule has 3 aliphatic rings. The van der Waals surface area contributed by atoms with Crippen LogP contribution in [0.3, 0.4) is 0 Å².